The highest BCUT2D eigenvalue weighted by Crippen LogP contribution is 2.17. The minimum absolute atomic E-state index is 0.410. The van der Waals surface area contributed by atoms with Crippen molar-refractivity contribution in [2.24, 2.45) is 0 Å². The number of anilines is 1. The van der Waals surface area contributed by atoms with E-state index in [4.69, 9.17) is 4.74 Å². The first kappa shape index (κ1) is 17.2. The van der Waals surface area contributed by atoms with Crippen molar-refractivity contribution < 1.29 is 9.53 Å². The number of carbonyl (C=O) groups is 1. The van der Waals surface area contributed by atoms with Gasteiger partial charge < -0.3 is 15.4 Å². The van der Waals surface area contributed by atoms with Gasteiger partial charge in [-0.15, -0.1) is 0 Å². The fourth-order valence-electron chi connectivity index (χ4n) is 1.62. The van der Waals surface area contributed by atoms with Gasteiger partial charge in [0.2, 0.25) is 0 Å². The summed E-state index contributed by atoms with van der Waals surface area (Å²) in [5, 5.41) is 5.85. The van der Waals surface area contributed by atoms with Gasteiger partial charge in [-0.3, -0.25) is 0 Å². The predicted octanol–water partition coefficient (Wildman–Crippen LogP) is 2.93. The molecule has 1 unspecified atom stereocenters. The normalized spacial score (nSPS) is 12.6. The molecule has 6 nitrogen and oxygen atoms in total. The minimum atomic E-state index is -0.477. The second-order valence-electron chi connectivity index (χ2n) is 5.99. The van der Waals surface area contributed by atoms with E-state index in [2.05, 4.69) is 34.4 Å². The lowest BCUT2D eigenvalue weighted by atomic mass is 10.1. The van der Waals surface area contributed by atoms with Crippen LogP contribution in [0.5, 0.6) is 0 Å². The van der Waals surface area contributed by atoms with E-state index < -0.39 is 11.7 Å². The van der Waals surface area contributed by atoms with Crippen molar-refractivity contribution in [3.63, 3.8) is 0 Å². The van der Waals surface area contributed by atoms with E-state index in [1.165, 1.54) is 0 Å². The summed E-state index contributed by atoms with van der Waals surface area (Å²) in [6.07, 6.45) is 2.19. The average Bonchev–Trinajstić information content (AvgIpc) is 2.41. The fraction of sp³-hybridized carbons (Fsp3) is 0.667. The van der Waals surface area contributed by atoms with Crippen LogP contribution in [-0.4, -0.2) is 34.8 Å². The van der Waals surface area contributed by atoms with Gasteiger partial charge in [-0.05, 0) is 33.1 Å². The lowest BCUT2D eigenvalue weighted by molar-refractivity contribution is 0.0530. The van der Waals surface area contributed by atoms with Gasteiger partial charge in [-0.1, -0.05) is 13.8 Å². The third-order valence-electron chi connectivity index (χ3n) is 2.90. The Labute approximate surface area is 126 Å². The van der Waals surface area contributed by atoms with Crippen LogP contribution in [0.15, 0.2) is 12.4 Å². The summed E-state index contributed by atoms with van der Waals surface area (Å²) in [5.41, 5.74) is 0.546. The van der Waals surface area contributed by atoms with Crippen molar-refractivity contribution in [3.05, 3.63) is 18.1 Å². The van der Waals surface area contributed by atoms with Crippen molar-refractivity contribution in [1.82, 2.24) is 15.3 Å². The van der Waals surface area contributed by atoms with Crippen LogP contribution in [0, 0.1) is 0 Å². The summed E-state index contributed by atoms with van der Waals surface area (Å²) in [5.74, 6) is 1.18. The Morgan fingerprint density at radius 2 is 2.05 bits per heavy atom. The number of alkyl carbamates (subject to hydrolysis) is 1. The van der Waals surface area contributed by atoms with Crippen molar-refractivity contribution in [2.75, 3.05) is 18.4 Å². The standard InChI is InChI=1S/C15H26N4O2/c1-6-11(2)12-9-13(19-10-18-12)16-7-8-17-14(20)21-15(3,4)5/h9-11H,6-8H2,1-5H3,(H,17,20)(H,16,18,19). The maximum absolute atomic E-state index is 11.5. The number of ether oxygens (including phenoxy) is 1. The first-order chi connectivity index (χ1) is 9.81. The Hall–Kier alpha value is -1.85. The zero-order valence-electron chi connectivity index (χ0n) is 13.6. The molecule has 0 spiro atoms. The van der Waals surface area contributed by atoms with E-state index in [1.54, 1.807) is 6.33 Å². The molecule has 1 rings (SSSR count). The van der Waals surface area contributed by atoms with E-state index >= 15 is 0 Å². The molecular formula is C15H26N4O2. The molecule has 0 aliphatic rings. The largest absolute Gasteiger partial charge is 0.444 e. The number of amides is 1. The van der Waals surface area contributed by atoms with Gasteiger partial charge >= 0.3 is 6.09 Å². The van der Waals surface area contributed by atoms with Crippen molar-refractivity contribution in [2.45, 2.75) is 52.6 Å². The monoisotopic (exact) mass is 294 g/mol. The lowest BCUT2D eigenvalue weighted by Crippen LogP contribution is -2.35. The smallest absolute Gasteiger partial charge is 0.407 e. The minimum Gasteiger partial charge on any atom is -0.444 e. The summed E-state index contributed by atoms with van der Waals surface area (Å²) in [6, 6.07) is 1.95. The molecule has 0 saturated carbocycles. The Morgan fingerprint density at radius 1 is 1.33 bits per heavy atom. The average molecular weight is 294 g/mol. The predicted molar refractivity (Wildman–Crippen MR) is 83.5 cm³/mol. The maximum atomic E-state index is 11.5. The highest BCUT2D eigenvalue weighted by molar-refractivity contribution is 5.67. The second-order valence-corrected chi connectivity index (χ2v) is 5.99. The van der Waals surface area contributed by atoms with E-state index in [-0.39, 0.29) is 0 Å². The Morgan fingerprint density at radius 3 is 2.67 bits per heavy atom. The van der Waals surface area contributed by atoms with Crippen molar-refractivity contribution in [3.8, 4) is 0 Å². The number of hydrogen-bond donors (Lipinski definition) is 2. The molecule has 1 aromatic rings. The quantitative estimate of drug-likeness (QED) is 0.789. The molecular weight excluding hydrogens is 268 g/mol. The molecule has 0 aromatic carbocycles. The van der Waals surface area contributed by atoms with Crippen LogP contribution in [-0.2, 0) is 4.74 Å². The summed E-state index contributed by atoms with van der Waals surface area (Å²) in [4.78, 5) is 19.9. The molecule has 6 heteroatoms. The zero-order chi connectivity index (χ0) is 15.9. The fourth-order valence-corrected chi connectivity index (χ4v) is 1.62. The van der Waals surface area contributed by atoms with Gasteiger partial charge in [-0.2, -0.15) is 0 Å². The Bertz CT molecular complexity index is 457. The number of nitrogens with zero attached hydrogens (tertiary/aromatic N) is 2. The van der Waals surface area contributed by atoms with Crippen molar-refractivity contribution in [1.29, 1.82) is 0 Å². The van der Waals surface area contributed by atoms with E-state index in [0.717, 1.165) is 17.9 Å². The zero-order valence-corrected chi connectivity index (χ0v) is 13.6. The van der Waals surface area contributed by atoms with Gasteiger partial charge in [0.1, 0.15) is 17.7 Å². The first-order valence-electron chi connectivity index (χ1n) is 7.34. The molecule has 1 aromatic heterocycles. The molecule has 0 fully saturated rings. The van der Waals surface area contributed by atoms with Gasteiger partial charge in [0, 0.05) is 24.8 Å². The number of rotatable bonds is 6. The number of nitrogens with one attached hydrogen (secondary N) is 2. The Kier molecular flexibility index (Phi) is 6.39. The van der Waals surface area contributed by atoms with Crippen LogP contribution in [0.1, 0.15) is 52.7 Å². The summed E-state index contributed by atoms with van der Waals surface area (Å²) < 4.78 is 5.15. The van der Waals surface area contributed by atoms with Crippen LogP contribution in [0.4, 0.5) is 10.6 Å². The van der Waals surface area contributed by atoms with Crippen molar-refractivity contribution >= 4 is 11.9 Å². The maximum Gasteiger partial charge on any atom is 0.407 e. The molecule has 1 atom stereocenters. The summed E-state index contributed by atoms with van der Waals surface area (Å²) >= 11 is 0. The summed E-state index contributed by atoms with van der Waals surface area (Å²) in [7, 11) is 0. The van der Waals surface area contributed by atoms with Crippen LogP contribution in [0.25, 0.3) is 0 Å². The molecule has 2 N–H and O–H groups in total. The molecule has 0 saturated heterocycles. The SMILES string of the molecule is CCC(C)c1cc(NCCNC(=O)OC(C)(C)C)ncn1. The molecule has 1 heterocycles. The Balaban J connectivity index is 2.34. The molecule has 0 aliphatic heterocycles. The highest BCUT2D eigenvalue weighted by Gasteiger charge is 2.15. The number of hydrogen-bond acceptors (Lipinski definition) is 5. The molecule has 0 radical (unpaired) electrons. The molecule has 118 valence electrons. The number of aromatic nitrogens is 2. The molecule has 1 amide bonds. The second kappa shape index (κ2) is 7.81. The molecule has 0 aliphatic carbocycles. The summed E-state index contributed by atoms with van der Waals surface area (Å²) in [6.45, 7) is 10.8. The lowest BCUT2D eigenvalue weighted by Gasteiger charge is -2.19. The molecule has 21 heavy (non-hydrogen) atoms. The van der Waals surface area contributed by atoms with Crippen LogP contribution < -0.4 is 10.6 Å². The van der Waals surface area contributed by atoms with Gasteiger partial charge in [0.15, 0.2) is 0 Å². The third kappa shape index (κ3) is 6.92. The highest BCUT2D eigenvalue weighted by atomic mass is 16.6. The van der Waals surface area contributed by atoms with E-state index in [0.29, 0.717) is 19.0 Å². The van der Waals surface area contributed by atoms with Gasteiger partial charge in [-0.25, -0.2) is 14.8 Å². The first-order valence-corrected chi connectivity index (χ1v) is 7.34. The van der Waals surface area contributed by atoms with E-state index in [9.17, 15) is 4.79 Å². The van der Waals surface area contributed by atoms with Crippen LogP contribution >= 0.6 is 0 Å². The van der Waals surface area contributed by atoms with Gasteiger partial charge in [0.05, 0.1) is 0 Å². The topological polar surface area (TPSA) is 76.1 Å². The third-order valence-corrected chi connectivity index (χ3v) is 2.90. The van der Waals surface area contributed by atoms with Crippen LogP contribution in [0.3, 0.4) is 0 Å². The van der Waals surface area contributed by atoms with E-state index in [1.807, 2.05) is 26.8 Å². The number of carbonyl (C=O) groups excluding carboxylic acids is 1. The van der Waals surface area contributed by atoms with Crippen LogP contribution in [0.2, 0.25) is 0 Å². The van der Waals surface area contributed by atoms with Gasteiger partial charge in [0.25, 0.3) is 0 Å². The molecule has 0 bridgehead atoms.